The van der Waals surface area contributed by atoms with Gasteiger partial charge in [-0.1, -0.05) is 0 Å². The lowest BCUT2D eigenvalue weighted by molar-refractivity contribution is -0.384. The van der Waals surface area contributed by atoms with Crippen LogP contribution in [0.25, 0.3) is 0 Å². The highest BCUT2D eigenvalue weighted by molar-refractivity contribution is 5.79. The quantitative estimate of drug-likeness (QED) is 0.547. The Hall–Kier alpha value is -2.15. The van der Waals surface area contributed by atoms with Crippen LogP contribution in [0.15, 0.2) is 18.2 Å². The van der Waals surface area contributed by atoms with Crippen molar-refractivity contribution in [1.82, 2.24) is 5.32 Å². The van der Waals surface area contributed by atoms with Crippen LogP contribution in [0.4, 0.5) is 11.4 Å². The van der Waals surface area contributed by atoms with Crippen LogP contribution < -0.4 is 10.6 Å². The van der Waals surface area contributed by atoms with E-state index >= 15 is 0 Å². The average molecular weight is 335 g/mol. The van der Waals surface area contributed by atoms with Crippen molar-refractivity contribution in [3.8, 4) is 0 Å². The number of carbonyl (C=O) groups is 1. The van der Waals surface area contributed by atoms with Gasteiger partial charge in [0.2, 0.25) is 5.91 Å². The van der Waals surface area contributed by atoms with Gasteiger partial charge in [0.15, 0.2) is 0 Å². The molecule has 24 heavy (non-hydrogen) atoms. The summed E-state index contributed by atoms with van der Waals surface area (Å²) in [6.45, 7) is 3.73. The van der Waals surface area contributed by atoms with E-state index in [0.29, 0.717) is 11.3 Å². The fraction of sp³-hybridized carbons (Fsp3) is 0.588. The molecule has 1 aromatic carbocycles. The molecular formula is C17H25N3O4. The average Bonchev–Trinajstić information content (AvgIpc) is 2.54. The fourth-order valence-corrected chi connectivity index (χ4v) is 3.08. The van der Waals surface area contributed by atoms with E-state index in [1.165, 1.54) is 6.07 Å². The lowest BCUT2D eigenvalue weighted by Gasteiger charge is -2.29. The molecule has 2 rings (SSSR count). The summed E-state index contributed by atoms with van der Waals surface area (Å²) in [5.41, 5.74) is 1.07. The van der Waals surface area contributed by atoms with Crippen LogP contribution in [0, 0.1) is 16.0 Å². The molecule has 1 aromatic rings. The summed E-state index contributed by atoms with van der Waals surface area (Å²) in [7, 11) is 0. The predicted molar refractivity (Wildman–Crippen MR) is 91.7 cm³/mol. The molecule has 0 saturated heterocycles. The second-order valence-electron chi connectivity index (χ2n) is 6.62. The SMILES string of the molecule is CC(C)NC(=O)C1CCC(Nc2cc(CO)ccc2[N+](=O)[O-])CC1. The van der Waals surface area contributed by atoms with Crippen molar-refractivity contribution in [2.75, 3.05) is 5.32 Å². The number of aliphatic hydroxyl groups is 1. The van der Waals surface area contributed by atoms with E-state index in [0.717, 1.165) is 25.7 Å². The first-order valence-electron chi connectivity index (χ1n) is 8.35. The van der Waals surface area contributed by atoms with Gasteiger partial charge in [0.1, 0.15) is 5.69 Å². The highest BCUT2D eigenvalue weighted by Gasteiger charge is 2.27. The molecule has 1 fully saturated rings. The molecule has 0 atom stereocenters. The third-order valence-corrected chi connectivity index (χ3v) is 4.33. The van der Waals surface area contributed by atoms with Gasteiger partial charge in [-0.15, -0.1) is 0 Å². The van der Waals surface area contributed by atoms with Crippen molar-refractivity contribution in [2.24, 2.45) is 5.92 Å². The monoisotopic (exact) mass is 335 g/mol. The Balaban J connectivity index is 1.99. The molecule has 1 aliphatic carbocycles. The summed E-state index contributed by atoms with van der Waals surface area (Å²) < 4.78 is 0. The molecule has 7 heteroatoms. The minimum Gasteiger partial charge on any atom is -0.392 e. The number of rotatable bonds is 6. The Morgan fingerprint density at radius 2 is 2.00 bits per heavy atom. The topological polar surface area (TPSA) is 104 Å². The van der Waals surface area contributed by atoms with Gasteiger partial charge in [0.05, 0.1) is 11.5 Å². The van der Waals surface area contributed by atoms with E-state index in [4.69, 9.17) is 0 Å². The number of hydrogen-bond acceptors (Lipinski definition) is 5. The molecule has 0 radical (unpaired) electrons. The Morgan fingerprint density at radius 1 is 1.33 bits per heavy atom. The number of nitrogens with zero attached hydrogens (tertiary/aromatic N) is 1. The van der Waals surface area contributed by atoms with E-state index in [1.54, 1.807) is 12.1 Å². The van der Waals surface area contributed by atoms with Gasteiger partial charge in [-0.2, -0.15) is 0 Å². The van der Waals surface area contributed by atoms with Crippen LogP contribution in [0.3, 0.4) is 0 Å². The first kappa shape index (κ1) is 18.2. The highest BCUT2D eigenvalue weighted by atomic mass is 16.6. The van der Waals surface area contributed by atoms with Gasteiger partial charge in [0.25, 0.3) is 5.69 Å². The molecular weight excluding hydrogens is 310 g/mol. The maximum Gasteiger partial charge on any atom is 0.292 e. The maximum absolute atomic E-state index is 12.1. The van der Waals surface area contributed by atoms with Gasteiger partial charge >= 0.3 is 0 Å². The normalized spacial score (nSPS) is 20.7. The smallest absolute Gasteiger partial charge is 0.292 e. The highest BCUT2D eigenvalue weighted by Crippen LogP contribution is 2.31. The maximum atomic E-state index is 12.1. The van der Waals surface area contributed by atoms with Crippen LogP contribution in [0.5, 0.6) is 0 Å². The molecule has 1 aliphatic rings. The van der Waals surface area contributed by atoms with Gasteiger partial charge in [-0.3, -0.25) is 14.9 Å². The van der Waals surface area contributed by atoms with E-state index in [2.05, 4.69) is 10.6 Å². The van der Waals surface area contributed by atoms with Crippen molar-refractivity contribution in [3.05, 3.63) is 33.9 Å². The lowest BCUT2D eigenvalue weighted by atomic mass is 9.85. The Kier molecular flexibility index (Phi) is 6.14. The van der Waals surface area contributed by atoms with Crippen LogP contribution in [-0.4, -0.2) is 28.0 Å². The molecule has 3 N–H and O–H groups in total. The first-order chi connectivity index (χ1) is 11.4. The number of carbonyl (C=O) groups excluding carboxylic acids is 1. The molecule has 0 heterocycles. The molecule has 7 nitrogen and oxygen atoms in total. The molecule has 0 unspecified atom stereocenters. The largest absolute Gasteiger partial charge is 0.392 e. The number of nitro benzene ring substituents is 1. The third-order valence-electron chi connectivity index (χ3n) is 4.33. The molecule has 0 bridgehead atoms. The van der Waals surface area contributed by atoms with Crippen molar-refractivity contribution in [1.29, 1.82) is 0 Å². The van der Waals surface area contributed by atoms with Gasteiger partial charge in [-0.05, 0) is 57.2 Å². The third kappa shape index (κ3) is 4.67. The number of nitrogens with one attached hydrogen (secondary N) is 2. The zero-order valence-corrected chi connectivity index (χ0v) is 14.1. The van der Waals surface area contributed by atoms with E-state index < -0.39 is 4.92 Å². The number of aliphatic hydroxyl groups excluding tert-OH is 1. The summed E-state index contributed by atoms with van der Waals surface area (Å²) in [4.78, 5) is 22.8. The van der Waals surface area contributed by atoms with Crippen LogP contribution in [-0.2, 0) is 11.4 Å². The van der Waals surface area contributed by atoms with Gasteiger partial charge in [0, 0.05) is 24.1 Å². The Bertz CT molecular complexity index is 595. The summed E-state index contributed by atoms with van der Waals surface area (Å²) in [5, 5.41) is 26.5. The van der Waals surface area contributed by atoms with Crippen LogP contribution in [0.2, 0.25) is 0 Å². The minimum absolute atomic E-state index is 0.00637. The molecule has 1 amide bonds. The predicted octanol–water partition coefficient (Wildman–Crippen LogP) is 2.58. The summed E-state index contributed by atoms with van der Waals surface area (Å²) >= 11 is 0. The molecule has 0 spiro atoms. The second kappa shape index (κ2) is 8.10. The standard InChI is InChI=1S/C17H25N3O4/c1-11(2)18-17(22)13-4-6-14(7-5-13)19-15-9-12(10-21)3-8-16(15)20(23)24/h3,8-9,11,13-14,19,21H,4-7,10H2,1-2H3,(H,18,22). The van der Waals surface area contributed by atoms with Crippen molar-refractivity contribution < 1.29 is 14.8 Å². The van der Waals surface area contributed by atoms with Crippen LogP contribution in [0.1, 0.15) is 45.1 Å². The Labute approximate surface area is 141 Å². The molecule has 0 aromatic heterocycles. The van der Waals surface area contributed by atoms with Gasteiger partial charge < -0.3 is 15.7 Å². The molecule has 132 valence electrons. The molecule has 1 saturated carbocycles. The lowest BCUT2D eigenvalue weighted by Crippen LogP contribution is -2.38. The summed E-state index contributed by atoms with van der Waals surface area (Å²) in [5.74, 6) is 0.112. The number of benzene rings is 1. The number of nitro groups is 1. The van der Waals surface area contributed by atoms with Crippen molar-refractivity contribution in [2.45, 2.75) is 58.2 Å². The van der Waals surface area contributed by atoms with Crippen molar-refractivity contribution in [3.63, 3.8) is 0 Å². The first-order valence-corrected chi connectivity index (χ1v) is 8.35. The summed E-state index contributed by atoms with van der Waals surface area (Å²) in [6.07, 6.45) is 3.11. The zero-order valence-electron chi connectivity index (χ0n) is 14.1. The van der Waals surface area contributed by atoms with Crippen molar-refractivity contribution >= 4 is 17.3 Å². The van der Waals surface area contributed by atoms with Crippen LogP contribution >= 0.6 is 0 Å². The number of hydrogen-bond donors (Lipinski definition) is 3. The number of amides is 1. The van der Waals surface area contributed by atoms with Gasteiger partial charge in [-0.25, -0.2) is 0 Å². The minimum atomic E-state index is -0.425. The summed E-state index contributed by atoms with van der Waals surface area (Å²) in [6, 6.07) is 4.82. The van der Waals surface area contributed by atoms with E-state index in [1.807, 2.05) is 13.8 Å². The van der Waals surface area contributed by atoms with E-state index in [9.17, 15) is 20.0 Å². The number of anilines is 1. The molecule has 0 aliphatic heterocycles. The van der Waals surface area contributed by atoms with E-state index in [-0.39, 0.29) is 36.2 Å². The fourth-order valence-electron chi connectivity index (χ4n) is 3.08. The zero-order chi connectivity index (χ0) is 17.7. The Morgan fingerprint density at radius 3 is 2.54 bits per heavy atom. The second-order valence-corrected chi connectivity index (χ2v) is 6.62.